The van der Waals surface area contributed by atoms with Gasteiger partial charge in [-0.15, -0.1) is 0 Å². The maximum Gasteiger partial charge on any atom is 0.534 e. The van der Waals surface area contributed by atoms with E-state index in [9.17, 15) is 26.7 Å². The maximum atomic E-state index is 12.3. The van der Waals surface area contributed by atoms with Crippen molar-refractivity contribution in [1.82, 2.24) is 0 Å². The van der Waals surface area contributed by atoms with E-state index in [4.69, 9.17) is 4.43 Å². The standard InChI is InChI=1S/C13H23F3O5SSi/c1-12(2,3)23(4,5)21-11-7-6-9(8-10(11)17)20-22(18,19)13(14,15)16/h8,10-11,17H,6-7H2,1-5H3/t10-,11-/m0/s1. The van der Waals surface area contributed by atoms with E-state index in [1.807, 2.05) is 33.9 Å². The van der Waals surface area contributed by atoms with Crippen molar-refractivity contribution < 1.29 is 35.3 Å². The molecule has 0 fully saturated rings. The van der Waals surface area contributed by atoms with Crippen molar-refractivity contribution in [3.8, 4) is 0 Å². The number of hydrogen-bond acceptors (Lipinski definition) is 5. The Morgan fingerprint density at radius 1 is 1.26 bits per heavy atom. The number of hydrogen-bond donors (Lipinski definition) is 1. The highest BCUT2D eigenvalue weighted by Crippen LogP contribution is 2.39. The van der Waals surface area contributed by atoms with Gasteiger partial charge in [-0.25, -0.2) is 0 Å². The Bertz CT molecular complexity index is 563. The molecule has 136 valence electrons. The van der Waals surface area contributed by atoms with Gasteiger partial charge in [0.2, 0.25) is 0 Å². The van der Waals surface area contributed by atoms with Crippen LogP contribution >= 0.6 is 0 Å². The largest absolute Gasteiger partial charge is 0.534 e. The maximum absolute atomic E-state index is 12.3. The first-order chi connectivity index (χ1) is 10.1. The molecule has 2 atom stereocenters. The lowest BCUT2D eigenvalue weighted by Crippen LogP contribution is -2.47. The molecule has 0 spiro atoms. The lowest BCUT2D eigenvalue weighted by molar-refractivity contribution is -0.0528. The highest BCUT2D eigenvalue weighted by atomic mass is 32.2. The Kier molecular flexibility index (Phi) is 5.67. The number of halogens is 3. The normalized spacial score (nSPS) is 24.3. The van der Waals surface area contributed by atoms with E-state index in [1.165, 1.54) is 0 Å². The van der Waals surface area contributed by atoms with E-state index < -0.39 is 41.9 Å². The molecule has 0 aromatic rings. The molecule has 0 saturated carbocycles. The summed E-state index contributed by atoms with van der Waals surface area (Å²) in [5.74, 6) is -0.412. The van der Waals surface area contributed by atoms with Crippen LogP contribution in [0.2, 0.25) is 18.1 Å². The van der Waals surface area contributed by atoms with Crippen LogP contribution < -0.4 is 0 Å². The van der Waals surface area contributed by atoms with Gasteiger partial charge in [0.1, 0.15) is 11.9 Å². The summed E-state index contributed by atoms with van der Waals surface area (Å²) in [6, 6.07) is 0. The predicted octanol–water partition coefficient (Wildman–Crippen LogP) is 3.28. The van der Waals surface area contributed by atoms with Crippen LogP contribution in [0, 0.1) is 0 Å². The van der Waals surface area contributed by atoms with Crippen molar-refractivity contribution in [3.05, 3.63) is 11.8 Å². The Morgan fingerprint density at radius 3 is 2.17 bits per heavy atom. The predicted molar refractivity (Wildman–Crippen MR) is 81.5 cm³/mol. The molecule has 0 amide bonds. The van der Waals surface area contributed by atoms with Gasteiger partial charge in [0, 0.05) is 6.42 Å². The van der Waals surface area contributed by atoms with Gasteiger partial charge in [0.15, 0.2) is 8.32 Å². The number of aliphatic hydroxyl groups excluding tert-OH is 1. The van der Waals surface area contributed by atoms with Gasteiger partial charge in [-0.1, -0.05) is 20.8 Å². The summed E-state index contributed by atoms with van der Waals surface area (Å²) in [5.41, 5.74) is -5.49. The molecule has 1 aliphatic rings. The second kappa shape index (κ2) is 6.38. The second-order valence-corrected chi connectivity index (χ2v) is 13.4. The molecule has 0 bridgehead atoms. The molecule has 0 saturated heterocycles. The first-order valence-electron chi connectivity index (χ1n) is 7.14. The third-order valence-corrected chi connectivity index (χ3v) is 9.67. The topological polar surface area (TPSA) is 72.8 Å². The van der Waals surface area contributed by atoms with E-state index >= 15 is 0 Å². The summed E-state index contributed by atoms with van der Waals surface area (Å²) in [4.78, 5) is 0. The van der Waals surface area contributed by atoms with Gasteiger partial charge < -0.3 is 13.7 Å². The molecular weight excluding hydrogens is 353 g/mol. The van der Waals surface area contributed by atoms with E-state index in [-0.39, 0.29) is 17.9 Å². The summed E-state index contributed by atoms with van der Waals surface area (Å²) < 4.78 is 68.9. The molecule has 0 aliphatic heterocycles. The van der Waals surface area contributed by atoms with Crippen LogP contribution in [0.5, 0.6) is 0 Å². The first kappa shape index (κ1) is 20.5. The Hall–Kier alpha value is -0.583. The van der Waals surface area contributed by atoms with Gasteiger partial charge in [-0.3, -0.25) is 0 Å². The van der Waals surface area contributed by atoms with Crippen LogP contribution in [0.25, 0.3) is 0 Å². The number of allylic oxidation sites excluding steroid dienone is 1. The highest BCUT2D eigenvalue weighted by Gasteiger charge is 2.49. The Morgan fingerprint density at radius 2 is 1.78 bits per heavy atom. The van der Waals surface area contributed by atoms with Crippen LogP contribution in [-0.4, -0.2) is 39.6 Å². The van der Waals surface area contributed by atoms with Crippen LogP contribution in [0.1, 0.15) is 33.6 Å². The van der Waals surface area contributed by atoms with Crippen molar-refractivity contribution >= 4 is 18.4 Å². The summed E-state index contributed by atoms with van der Waals surface area (Å²) in [6.45, 7) is 10.0. The minimum absolute atomic E-state index is 0.0499. The van der Waals surface area contributed by atoms with Crippen LogP contribution in [0.3, 0.4) is 0 Å². The quantitative estimate of drug-likeness (QED) is 0.463. The van der Waals surface area contributed by atoms with Gasteiger partial charge >= 0.3 is 15.6 Å². The zero-order chi connectivity index (χ0) is 18.3. The third kappa shape index (κ3) is 4.94. The fraction of sp³-hybridized carbons (Fsp3) is 0.846. The molecule has 23 heavy (non-hydrogen) atoms. The van der Waals surface area contributed by atoms with E-state index in [1.54, 1.807) is 0 Å². The molecule has 0 unspecified atom stereocenters. The van der Waals surface area contributed by atoms with Gasteiger partial charge in [-0.05, 0) is 30.6 Å². The van der Waals surface area contributed by atoms with Crippen molar-refractivity contribution in [2.75, 3.05) is 0 Å². The molecule has 10 heteroatoms. The van der Waals surface area contributed by atoms with Crippen molar-refractivity contribution in [2.24, 2.45) is 0 Å². The number of rotatable bonds is 4. The van der Waals surface area contributed by atoms with Gasteiger partial charge in [0.25, 0.3) is 0 Å². The van der Waals surface area contributed by atoms with Crippen LogP contribution in [-0.2, 0) is 18.7 Å². The Labute approximate surface area is 135 Å². The van der Waals surface area contributed by atoms with Crippen molar-refractivity contribution in [3.63, 3.8) is 0 Å². The monoisotopic (exact) mass is 376 g/mol. The average molecular weight is 376 g/mol. The average Bonchev–Trinajstić information content (AvgIpc) is 2.29. The molecule has 0 radical (unpaired) electrons. The van der Waals surface area contributed by atoms with Gasteiger partial charge in [0.05, 0.1) is 6.10 Å². The minimum atomic E-state index is -5.71. The third-order valence-electron chi connectivity index (χ3n) is 4.17. The van der Waals surface area contributed by atoms with Crippen molar-refractivity contribution in [2.45, 2.75) is 69.5 Å². The summed E-state index contributed by atoms with van der Waals surface area (Å²) in [5, 5.41) is 9.94. The highest BCUT2D eigenvalue weighted by molar-refractivity contribution is 7.87. The molecule has 1 rings (SSSR count). The summed E-state index contributed by atoms with van der Waals surface area (Å²) >= 11 is 0. The van der Waals surface area contributed by atoms with Gasteiger partial charge in [-0.2, -0.15) is 21.6 Å². The Balaban J connectivity index is 2.83. The summed E-state index contributed by atoms with van der Waals surface area (Å²) in [7, 11) is -7.87. The minimum Gasteiger partial charge on any atom is -0.411 e. The fourth-order valence-corrected chi connectivity index (χ4v) is 3.66. The molecule has 0 aromatic heterocycles. The molecule has 5 nitrogen and oxygen atoms in total. The number of aliphatic hydroxyl groups is 1. The second-order valence-electron chi connectivity index (χ2n) is 7.06. The fourth-order valence-electron chi connectivity index (χ4n) is 1.78. The SMILES string of the molecule is CC(C)(C)[Si](C)(C)O[C@H]1CCC(OS(=O)(=O)C(F)(F)F)=C[C@@H]1O. The van der Waals surface area contributed by atoms with Crippen LogP contribution in [0.15, 0.2) is 11.8 Å². The van der Waals surface area contributed by atoms with Crippen molar-refractivity contribution in [1.29, 1.82) is 0 Å². The molecule has 0 aromatic carbocycles. The van der Waals surface area contributed by atoms with E-state index in [0.717, 1.165) is 6.08 Å². The molecule has 1 aliphatic carbocycles. The van der Waals surface area contributed by atoms with E-state index in [2.05, 4.69) is 4.18 Å². The molecule has 1 N–H and O–H groups in total. The van der Waals surface area contributed by atoms with Crippen LogP contribution in [0.4, 0.5) is 13.2 Å². The number of alkyl halides is 3. The molecular formula is C13H23F3O5SSi. The smallest absolute Gasteiger partial charge is 0.411 e. The van der Waals surface area contributed by atoms with E-state index in [0.29, 0.717) is 0 Å². The zero-order valence-corrected chi connectivity index (χ0v) is 15.6. The molecule has 0 heterocycles. The lowest BCUT2D eigenvalue weighted by Gasteiger charge is -2.41. The zero-order valence-electron chi connectivity index (χ0n) is 13.8. The first-order valence-corrected chi connectivity index (χ1v) is 11.5. The lowest BCUT2D eigenvalue weighted by atomic mass is 10.0. The summed E-state index contributed by atoms with van der Waals surface area (Å²) in [6.07, 6.45) is -0.684.